The molecule has 2 N–H and O–H groups in total. The molecule has 2 aromatic heterocycles. The van der Waals surface area contributed by atoms with Crippen molar-refractivity contribution in [2.24, 2.45) is 17.8 Å². The minimum atomic E-state index is 0.307. The number of fused-ring (bicyclic) bond motifs is 3. The Morgan fingerprint density at radius 1 is 1.37 bits per heavy atom. The number of imidazole rings is 1. The Morgan fingerprint density at radius 3 is 3.05 bits per heavy atom. The second kappa shape index (κ2) is 4.11. The van der Waals surface area contributed by atoms with Crippen molar-refractivity contribution in [1.29, 1.82) is 0 Å². The van der Waals surface area contributed by atoms with Gasteiger partial charge in [0.2, 0.25) is 0 Å². The summed E-state index contributed by atoms with van der Waals surface area (Å²) in [5.74, 6) is 1.78. The van der Waals surface area contributed by atoms with Crippen LogP contribution in [0.3, 0.4) is 0 Å². The predicted molar refractivity (Wildman–Crippen MR) is 73.2 cm³/mol. The van der Waals surface area contributed by atoms with E-state index in [0.717, 1.165) is 17.1 Å². The first-order valence-electron chi connectivity index (χ1n) is 6.79. The molecule has 0 aromatic carbocycles. The first-order chi connectivity index (χ1) is 9.28. The summed E-state index contributed by atoms with van der Waals surface area (Å²) in [4.78, 5) is 11.6. The fraction of sp³-hybridized carbons (Fsp3) is 0.615. The topological polar surface area (TPSA) is 66.7 Å². The highest BCUT2D eigenvalue weighted by Gasteiger charge is 2.46. The summed E-state index contributed by atoms with van der Waals surface area (Å²) in [6.07, 6.45) is 7.12. The van der Waals surface area contributed by atoms with Crippen LogP contribution in [-0.4, -0.2) is 31.2 Å². The number of aromatic amines is 1. The Morgan fingerprint density at radius 2 is 2.26 bits per heavy atom. The van der Waals surface area contributed by atoms with Gasteiger partial charge in [0, 0.05) is 12.6 Å². The van der Waals surface area contributed by atoms with Crippen LogP contribution in [0.25, 0.3) is 11.2 Å². The summed E-state index contributed by atoms with van der Waals surface area (Å²) in [5.41, 5.74) is 1.75. The zero-order valence-corrected chi connectivity index (χ0v) is 11.3. The van der Waals surface area contributed by atoms with Gasteiger partial charge in [-0.2, -0.15) is 0 Å². The number of hydrogen-bond acceptors (Lipinski definition) is 4. The molecule has 0 unspecified atom stereocenters. The molecule has 4 rings (SSSR count). The van der Waals surface area contributed by atoms with Gasteiger partial charge in [-0.25, -0.2) is 9.97 Å². The van der Waals surface area contributed by atoms with E-state index in [4.69, 9.17) is 12.2 Å². The van der Waals surface area contributed by atoms with E-state index in [1.807, 2.05) is 6.33 Å². The van der Waals surface area contributed by atoms with Crippen LogP contribution < -0.4 is 0 Å². The second-order valence-corrected chi connectivity index (χ2v) is 6.19. The van der Waals surface area contributed by atoms with E-state index < -0.39 is 0 Å². The third-order valence-electron chi connectivity index (χ3n) is 4.89. The molecule has 2 aliphatic carbocycles. The lowest BCUT2D eigenvalue weighted by molar-refractivity contribution is 0.146. The Labute approximate surface area is 115 Å². The summed E-state index contributed by atoms with van der Waals surface area (Å²) in [6.45, 7) is 0.307. The third kappa shape index (κ3) is 1.59. The van der Waals surface area contributed by atoms with Crippen molar-refractivity contribution in [3.8, 4) is 0 Å². The zero-order valence-electron chi connectivity index (χ0n) is 10.5. The van der Waals surface area contributed by atoms with Crippen LogP contribution in [0.2, 0.25) is 0 Å². The average Bonchev–Trinajstić information content (AvgIpc) is 3.11. The lowest BCUT2D eigenvalue weighted by atomic mass is 9.85. The van der Waals surface area contributed by atoms with Gasteiger partial charge in [0.15, 0.2) is 4.64 Å². The molecular weight excluding hydrogens is 260 g/mol. The summed E-state index contributed by atoms with van der Waals surface area (Å²) in [7, 11) is 0. The van der Waals surface area contributed by atoms with Crippen molar-refractivity contribution >= 4 is 23.4 Å². The van der Waals surface area contributed by atoms with Crippen molar-refractivity contribution in [3.05, 3.63) is 17.3 Å². The van der Waals surface area contributed by atoms with Crippen molar-refractivity contribution < 1.29 is 5.11 Å². The average molecular weight is 276 g/mol. The molecule has 19 heavy (non-hydrogen) atoms. The van der Waals surface area contributed by atoms with E-state index in [9.17, 15) is 5.11 Å². The molecule has 6 heteroatoms. The minimum Gasteiger partial charge on any atom is -0.396 e. The molecule has 2 heterocycles. The molecule has 2 bridgehead atoms. The molecule has 2 fully saturated rings. The maximum atomic E-state index is 9.50. The number of nitrogens with zero attached hydrogens (tertiary/aromatic N) is 3. The Balaban J connectivity index is 1.80. The van der Waals surface area contributed by atoms with Gasteiger partial charge in [0.1, 0.15) is 11.2 Å². The van der Waals surface area contributed by atoms with Crippen LogP contribution in [0.1, 0.15) is 25.3 Å². The van der Waals surface area contributed by atoms with Gasteiger partial charge in [-0.05, 0) is 37.0 Å². The number of aliphatic hydroxyl groups is 1. The van der Waals surface area contributed by atoms with Gasteiger partial charge in [0.25, 0.3) is 0 Å². The van der Waals surface area contributed by atoms with Crippen molar-refractivity contribution in [2.45, 2.75) is 25.3 Å². The first kappa shape index (κ1) is 11.5. The van der Waals surface area contributed by atoms with Crippen molar-refractivity contribution in [1.82, 2.24) is 19.5 Å². The molecule has 0 aliphatic heterocycles. The molecular formula is C13H16N4OS. The zero-order chi connectivity index (χ0) is 13.0. The molecule has 0 amide bonds. The fourth-order valence-electron chi connectivity index (χ4n) is 4.11. The molecule has 5 nitrogen and oxygen atoms in total. The normalized spacial score (nSPS) is 33.3. The van der Waals surface area contributed by atoms with E-state index in [2.05, 4.69) is 19.5 Å². The molecule has 2 aromatic rings. The van der Waals surface area contributed by atoms with E-state index >= 15 is 0 Å². The summed E-state index contributed by atoms with van der Waals surface area (Å²) in [6, 6.07) is 0.439. The standard InChI is InChI=1S/C13H16N4OS/c18-4-8-1-7-2-9(8)10(3-7)17-6-16-11-12(17)14-5-15-13(11)19/h5-10,18H,1-4H2,(H,14,15,19)/t7-,8+,9-,10+/m1/s1. The number of rotatable bonds is 2. The van der Waals surface area contributed by atoms with Gasteiger partial charge in [-0.1, -0.05) is 12.2 Å². The highest BCUT2D eigenvalue weighted by Crippen LogP contribution is 2.54. The molecule has 0 spiro atoms. The largest absolute Gasteiger partial charge is 0.396 e. The predicted octanol–water partition coefficient (Wildman–Crippen LogP) is 2.07. The summed E-state index contributed by atoms with van der Waals surface area (Å²) in [5, 5.41) is 9.50. The van der Waals surface area contributed by atoms with Crippen LogP contribution in [-0.2, 0) is 0 Å². The number of aromatic nitrogens is 4. The van der Waals surface area contributed by atoms with E-state index in [1.165, 1.54) is 19.3 Å². The van der Waals surface area contributed by atoms with Crippen LogP contribution in [0, 0.1) is 22.4 Å². The smallest absolute Gasteiger partial charge is 0.157 e. The van der Waals surface area contributed by atoms with Gasteiger partial charge < -0.3 is 14.7 Å². The molecule has 0 radical (unpaired) electrons. The molecule has 2 saturated carbocycles. The van der Waals surface area contributed by atoms with Crippen LogP contribution >= 0.6 is 12.2 Å². The van der Waals surface area contributed by atoms with Gasteiger partial charge in [-0.15, -0.1) is 0 Å². The highest BCUT2D eigenvalue weighted by atomic mass is 32.1. The Bertz CT molecular complexity index is 679. The summed E-state index contributed by atoms with van der Waals surface area (Å²) < 4.78 is 2.76. The van der Waals surface area contributed by atoms with Gasteiger partial charge in [-0.3, -0.25) is 0 Å². The lowest BCUT2D eigenvalue weighted by Gasteiger charge is -2.29. The number of hydrogen-bond donors (Lipinski definition) is 2. The maximum Gasteiger partial charge on any atom is 0.157 e. The SMILES string of the molecule is OC[C@@H]1C[C@@H]2C[C@H]1[C@@H](n1cnc3c(=S)nc[nH]c31)C2. The molecule has 100 valence electrons. The number of nitrogens with one attached hydrogen (secondary N) is 1. The van der Waals surface area contributed by atoms with Gasteiger partial charge >= 0.3 is 0 Å². The lowest BCUT2D eigenvalue weighted by Crippen LogP contribution is -2.25. The second-order valence-electron chi connectivity index (χ2n) is 5.80. The van der Waals surface area contributed by atoms with Crippen LogP contribution in [0.15, 0.2) is 12.7 Å². The van der Waals surface area contributed by atoms with Crippen molar-refractivity contribution in [3.63, 3.8) is 0 Å². The van der Waals surface area contributed by atoms with E-state index in [-0.39, 0.29) is 0 Å². The van der Waals surface area contributed by atoms with Crippen molar-refractivity contribution in [2.75, 3.05) is 6.61 Å². The van der Waals surface area contributed by atoms with Gasteiger partial charge in [0.05, 0.1) is 12.7 Å². The Kier molecular flexibility index (Phi) is 2.50. The maximum absolute atomic E-state index is 9.50. The monoisotopic (exact) mass is 276 g/mol. The molecule has 4 atom stereocenters. The van der Waals surface area contributed by atoms with E-state index in [1.54, 1.807) is 6.33 Å². The number of aliphatic hydroxyl groups excluding tert-OH is 1. The molecule has 0 saturated heterocycles. The molecule has 2 aliphatic rings. The van der Waals surface area contributed by atoms with Crippen LogP contribution in [0.4, 0.5) is 0 Å². The van der Waals surface area contributed by atoms with E-state index in [0.29, 0.717) is 29.1 Å². The summed E-state index contributed by atoms with van der Waals surface area (Å²) >= 11 is 5.21. The first-order valence-corrected chi connectivity index (χ1v) is 7.20. The highest BCUT2D eigenvalue weighted by molar-refractivity contribution is 7.71. The fourth-order valence-corrected chi connectivity index (χ4v) is 4.31. The number of H-pyrrole nitrogens is 1. The third-order valence-corrected chi connectivity index (χ3v) is 5.19. The Hall–Kier alpha value is -1.27. The van der Waals surface area contributed by atoms with Crippen LogP contribution in [0.5, 0.6) is 0 Å². The quantitative estimate of drug-likeness (QED) is 0.824. The minimum absolute atomic E-state index is 0.307.